The summed E-state index contributed by atoms with van der Waals surface area (Å²) in [6.45, 7) is 4.63. The monoisotopic (exact) mass is 375 g/mol. The quantitative estimate of drug-likeness (QED) is 0.572. The molecule has 2 aromatic rings. The number of carbonyl (C=O) groups is 2. The summed E-state index contributed by atoms with van der Waals surface area (Å²) in [6.07, 6.45) is 0.714. The summed E-state index contributed by atoms with van der Waals surface area (Å²) in [7, 11) is 0. The maximum atomic E-state index is 12.2. The Morgan fingerprint density at radius 2 is 2.04 bits per heavy atom. The molecule has 7 heteroatoms. The Hall–Kier alpha value is -2.38. The van der Waals surface area contributed by atoms with Gasteiger partial charge in [0.25, 0.3) is 5.91 Å². The van der Waals surface area contributed by atoms with Crippen molar-refractivity contribution in [3.63, 3.8) is 0 Å². The van der Waals surface area contributed by atoms with Crippen molar-refractivity contribution in [2.24, 2.45) is 5.92 Å². The number of thiophene rings is 1. The minimum atomic E-state index is -0.357. The Morgan fingerprint density at radius 3 is 2.69 bits per heavy atom. The molecule has 0 bridgehead atoms. The number of benzene rings is 1. The molecule has 0 radical (unpaired) electrons. The highest BCUT2D eigenvalue weighted by Crippen LogP contribution is 2.17. The fraction of sp³-hybridized carbons (Fsp3) is 0.368. The van der Waals surface area contributed by atoms with Crippen molar-refractivity contribution < 1.29 is 14.7 Å². The normalized spacial score (nSPS) is 11.7. The molecule has 4 N–H and O–H groups in total. The fourth-order valence-corrected chi connectivity index (χ4v) is 3.19. The number of aliphatic hydroxyl groups excluding tert-OH is 1. The van der Waals surface area contributed by atoms with Crippen molar-refractivity contribution in [2.75, 3.05) is 25.0 Å². The minimum Gasteiger partial charge on any atom is -0.396 e. The minimum absolute atomic E-state index is 0.00181. The average Bonchev–Trinajstić information content (AvgIpc) is 3.13. The van der Waals surface area contributed by atoms with Gasteiger partial charge in [0.15, 0.2) is 0 Å². The van der Waals surface area contributed by atoms with Crippen LogP contribution in [0.2, 0.25) is 0 Å². The molecule has 1 unspecified atom stereocenters. The highest BCUT2D eigenvalue weighted by atomic mass is 32.1. The zero-order valence-corrected chi connectivity index (χ0v) is 15.9. The molecule has 140 valence electrons. The van der Waals surface area contributed by atoms with Gasteiger partial charge in [-0.1, -0.05) is 6.07 Å². The Morgan fingerprint density at radius 1 is 1.23 bits per heavy atom. The van der Waals surface area contributed by atoms with Gasteiger partial charge in [-0.3, -0.25) is 4.79 Å². The lowest BCUT2D eigenvalue weighted by molar-refractivity contribution is 0.0956. The van der Waals surface area contributed by atoms with Crippen molar-refractivity contribution in [1.82, 2.24) is 10.6 Å². The molecule has 0 aliphatic heterocycles. The van der Waals surface area contributed by atoms with Gasteiger partial charge in [-0.15, -0.1) is 0 Å². The Kier molecular flexibility index (Phi) is 7.62. The Labute approximate surface area is 157 Å². The SMILES string of the molecule is CCNC(=O)c1ccc(C)c(NC(=O)NCC(CO)Cc2ccsc2)c1. The van der Waals surface area contributed by atoms with Gasteiger partial charge in [-0.25, -0.2) is 4.79 Å². The van der Waals surface area contributed by atoms with Gasteiger partial charge in [-0.2, -0.15) is 11.3 Å². The number of anilines is 1. The lowest BCUT2D eigenvalue weighted by Gasteiger charge is -2.16. The fourth-order valence-electron chi connectivity index (χ4n) is 2.51. The number of carbonyl (C=O) groups excluding carboxylic acids is 2. The molecule has 1 aromatic heterocycles. The zero-order chi connectivity index (χ0) is 18.9. The van der Waals surface area contributed by atoms with Crippen LogP contribution in [-0.2, 0) is 6.42 Å². The number of rotatable bonds is 8. The van der Waals surface area contributed by atoms with Crippen LogP contribution in [0.3, 0.4) is 0 Å². The van der Waals surface area contributed by atoms with Gasteiger partial charge in [0, 0.05) is 36.9 Å². The summed E-state index contributed by atoms with van der Waals surface area (Å²) in [5, 5.41) is 21.8. The van der Waals surface area contributed by atoms with E-state index in [1.54, 1.807) is 29.5 Å². The molecule has 0 aliphatic carbocycles. The first-order valence-corrected chi connectivity index (χ1v) is 9.53. The van der Waals surface area contributed by atoms with Crippen LogP contribution in [0.5, 0.6) is 0 Å². The summed E-state index contributed by atoms with van der Waals surface area (Å²) < 4.78 is 0. The van der Waals surface area contributed by atoms with Crippen LogP contribution in [0, 0.1) is 12.8 Å². The van der Waals surface area contributed by atoms with Crippen LogP contribution in [0.25, 0.3) is 0 Å². The second-order valence-corrected chi connectivity index (χ2v) is 6.89. The van der Waals surface area contributed by atoms with E-state index in [0.717, 1.165) is 11.1 Å². The smallest absolute Gasteiger partial charge is 0.319 e. The summed E-state index contributed by atoms with van der Waals surface area (Å²) in [6, 6.07) is 6.85. The van der Waals surface area contributed by atoms with Gasteiger partial charge in [0.2, 0.25) is 0 Å². The van der Waals surface area contributed by atoms with E-state index in [1.165, 1.54) is 0 Å². The van der Waals surface area contributed by atoms with Gasteiger partial charge >= 0.3 is 6.03 Å². The molecule has 1 heterocycles. The van der Waals surface area contributed by atoms with Crippen molar-refractivity contribution in [2.45, 2.75) is 20.3 Å². The van der Waals surface area contributed by atoms with E-state index in [1.807, 2.05) is 30.7 Å². The number of amides is 3. The maximum absolute atomic E-state index is 12.2. The third-order valence-electron chi connectivity index (χ3n) is 4.00. The molecule has 6 nitrogen and oxygen atoms in total. The first-order valence-electron chi connectivity index (χ1n) is 8.59. The van der Waals surface area contributed by atoms with Gasteiger partial charge in [0.05, 0.1) is 0 Å². The molecular formula is C19H25N3O3S. The van der Waals surface area contributed by atoms with E-state index >= 15 is 0 Å². The van der Waals surface area contributed by atoms with E-state index in [9.17, 15) is 14.7 Å². The summed E-state index contributed by atoms with van der Waals surface area (Å²) in [5.41, 5.74) is 3.11. The molecule has 0 aliphatic rings. The van der Waals surface area contributed by atoms with E-state index < -0.39 is 0 Å². The standard InChI is InChI=1S/C19H25N3O3S/c1-3-20-18(24)16-5-4-13(2)17(9-16)22-19(25)21-10-15(11-23)8-14-6-7-26-12-14/h4-7,9,12,15,23H,3,8,10-11H2,1-2H3,(H,20,24)(H2,21,22,25). The molecule has 1 atom stereocenters. The highest BCUT2D eigenvalue weighted by Gasteiger charge is 2.13. The van der Waals surface area contributed by atoms with Crippen molar-refractivity contribution >= 4 is 29.0 Å². The van der Waals surface area contributed by atoms with E-state index in [2.05, 4.69) is 16.0 Å². The molecular weight excluding hydrogens is 350 g/mol. The number of nitrogens with one attached hydrogen (secondary N) is 3. The third-order valence-corrected chi connectivity index (χ3v) is 4.73. The van der Waals surface area contributed by atoms with Gasteiger partial charge in [0.1, 0.15) is 0 Å². The van der Waals surface area contributed by atoms with Crippen LogP contribution in [0.4, 0.5) is 10.5 Å². The van der Waals surface area contributed by atoms with Gasteiger partial charge < -0.3 is 21.1 Å². The van der Waals surface area contributed by atoms with E-state index in [0.29, 0.717) is 30.8 Å². The number of aryl methyl sites for hydroxylation is 1. The first-order chi connectivity index (χ1) is 12.5. The zero-order valence-electron chi connectivity index (χ0n) is 15.0. The van der Waals surface area contributed by atoms with Crippen molar-refractivity contribution in [3.8, 4) is 0 Å². The number of hydrogen-bond donors (Lipinski definition) is 4. The molecule has 2 rings (SSSR count). The largest absolute Gasteiger partial charge is 0.396 e. The summed E-state index contributed by atoms with van der Waals surface area (Å²) in [5.74, 6) is -0.217. The predicted molar refractivity (Wildman–Crippen MR) is 105 cm³/mol. The van der Waals surface area contributed by atoms with Crippen LogP contribution in [0.1, 0.15) is 28.4 Å². The maximum Gasteiger partial charge on any atom is 0.319 e. The Balaban J connectivity index is 1.92. The number of urea groups is 1. The topological polar surface area (TPSA) is 90.5 Å². The molecule has 1 aromatic carbocycles. The van der Waals surface area contributed by atoms with Crippen LogP contribution >= 0.6 is 11.3 Å². The average molecular weight is 375 g/mol. The predicted octanol–water partition coefficient (Wildman–Crippen LogP) is 2.78. The molecule has 0 fully saturated rings. The molecule has 0 saturated carbocycles. The van der Waals surface area contributed by atoms with Crippen LogP contribution in [-0.4, -0.2) is 36.7 Å². The number of aliphatic hydroxyl groups is 1. The number of hydrogen-bond acceptors (Lipinski definition) is 4. The second-order valence-electron chi connectivity index (χ2n) is 6.11. The van der Waals surface area contributed by atoms with E-state index in [-0.39, 0.29) is 24.5 Å². The lowest BCUT2D eigenvalue weighted by atomic mass is 10.0. The summed E-state index contributed by atoms with van der Waals surface area (Å²) >= 11 is 1.61. The molecule has 0 saturated heterocycles. The highest BCUT2D eigenvalue weighted by molar-refractivity contribution is 7.07. The Bertz CT molecular complexity index is 732. The van der Waals surface area contributed by atoms with Crippen LogP contribution in [0.15, 0.2) is 35.0 Å². The third kappa shape index (κ3) is 5.86. The van der Waals surface area contributed by atoms with Gasteiger partial charge in [-0.05, 0) is 60.4 Å². The second kappa shape index (κ2) is 9.94. The first kappa shape index (κ1) is 19.9. The van der Waals surface area contributed by atoms with E-state index in [4.69, 9.17) is 0 Å². The molecule has 26 heavy (non-hydrogen) atoms. The van der Waals surface area contributed by atoms with Crippen molar-refractivity contribution in [3.05, 3.63) is 51.7 Å². The molecule has 0 spiro atoms. The summed E-state index contributed by atoms with van der Waals surface area (Å²) in [4.78, 5) is 24.1. The van der Waals surface area contributed by atoms with Crippen LogP contribution < -0.4 is 16.0 Å². The lowest BCUT2D eigenvalue weighted by Crippen LogP contribution is -2.35. The van der Waals surface area contributed by atoms with Crippen molar-refractivity contribution in [1.29, 1.82) is 0 Å². The molecule has 3 amide bonds.